The molecule has 0 saturated carbocycles. The van der Waals surface area contributed by atoms with Gasteiger partial charge in [0.15, 0.2) is 5.58 Å². The molecule has 0 bridgehead atoms. The van der Waals surface area contributed by atoms with E-state index in [2.05, 4.69) is 35.7 Å². The van der Waals surface area contributed by atoms with Crippen LogP contribution >= 0.6 is 15.9 Å². The molecule has 0 N–H and O–H groups in total. The lowest BCUT2D eigenvalue weighted by Gasteiger charge is -2.39. The average molecular weight is 365 g/mol. The molecule has 118 valence electrons. The first-order chi connectivity index (χ1) is 10.8. The first-order valence-electron chi connectivity index (χ1n) is 8.21. The average Bonchev–Trinajstić information content (AvgIpc) is 2.99. The Kier molecular flexibility index (Phi) is 4.05. The molecule has 0 spiro atoms. The lowest BCUT2D eigenvalue weighted by atomic mass is 10.0. The Bertz CT molecular complexity index is 645. The van der Waals surface area contributed by atoms with Gasteiger partial charge in [0, 0.05) is 35.9 Å². The molecule has 0 amide bonds. The lowest BCUT2D eigenvalue weighted by molar-refractivity contribution is 0.140. The maximum absolute atomic E-state index is 5.88. The van der Waals surface area contributed by atoms with E-state index in [0.717, 1.165) is 35.2 Å². The number of hydrogen-bond acceptors (Lipinski definition) is 5. The van der Waals surface area contributed by atoms with Crippen LogP contribution in [0.1, 0.15) is 32.1 Å². The highest BCUT2D eigenvalue weighted by Gasteiger charge is 2.27. The van der Waals surface area contributed by atoms with Gasteiger partial charge in [0.25, 0.3) is 6.01 Å². The molecular formula is C16H21BrN4O. The van der Waals surface area contributed by atoms with Crippen molar-refractivity contribution in [2.75, 3.05) is 31.1 Å². The molecular weight excluding hydrogens is 344 g/mol. The number of fused-ring (bicyclic) bond motifs is 1. The van der Waals surface area contributed by atoms with Crippen LogP contribution in [0.5, 0.6) is 0 Å². The van der Waals surface area contributed by atoms with Crippen LogP contribution in [0.25, 0.3) is 11.2 Å². The van der Waals surface area contributed by atoms with E-state index in [9.17, 15) is 0 Å². The van der Waals surface area contributed by atoms with Gasteiger partial charge in [0.1, 0.15) is 0 Å². The first-order valence-corrected chi connectivity index (χ1v) is 9.00. The number of piperidine rings is 2. The summed E-state index contributed by atoms with van der Waals surface area (Å²) in [5, 5.41) is 0. The third kappa shape index (κ3) is 2.86. The fourth-order valence-corrected chi connectivity index (χ4v) is 3.94. The maximum Gasteiger partial charge on any atom is 0.299 e. The number of aromatic nitrogens is 2. The number of nitrogens with zero attached hydrogens (tertiary/aromatic N) is 4. The largest absolute Gasteiger partial charge is 0.422 e. The smallest absolute Gasteiger partial charge is 0.299 e. The van der Waals surface area contributed by atoms with Gasteiger partial charge in [-0.15, -0.1) is 0 Å². The second-order valence-corrected chi connectivity index (χ2v) is 7.20. The van der Waals surface area contributed by atoms with Crippen molar-refractivity contribution in [3.8, 4) is 0 Å². The molecule has 5 nitrogen and oxygen atoms in total. The summed E-state index contributed by atoms with van der Waals surface area (Å²) in [6.07, 6.45) is 8.31. The van der Waals surface area contributed by atoms with E-state index in [0.29, 0.717) is 5.65 Å². The molecule has 22 heavy (non-hydrogen) atoms. The van der Waals surface area contributed by atoms with Crippen molar-refractivity contribution >= 4 is 33.2 Å². The Balaban J connectivity index is 1.43. The molecule has 0 radical (unpaired) electrons. The summed E-state index contributed by atoms with van der Waals surface area (Å²) in [6, 6.07) is 3.39. The number of rotatable bonds is 2. The minimum Gasteiger partial charge on any atom is -0.422 e. The van der Waals surface area contributed by atoms with Crippen LogP contribution in [-0.4, -0.2) is 47.1 Å². The van der Waals surface area contributed by atoms with E-state index in [1.54, 1.807) is 6.20 Å². The zero-order valence-electron chi connectivity index (χ0n) is 12.7. The second kappa shape index (κ2) is 6.16. The second-order valence-electron chi connectivity index (χ2n) is 6.29. The Hall–Kier alpha value is -1.14. The predicted octanol–water partition coefficient (Wildman–Crippen LogP) is 3.44. The summed E-state index contributed by atoms with van der Waals surface area (Å²) >= 11 is 3.42. The first kappa shape index (κ1) is 14.5. The van der Waals surface area contributed by atoms with Crippen LogP contribution in [0.4, 0.5) is 6.01 Å². The standard InChI is InChI=1S/C16H21BrN4O/c17-12-10-14-15(18-11-12)19-16(22-14)21-8-4-13(5-9-21)20-6-2-1-3-7-20/h10-11,13H,1-9H2. The molecule has 0 aliphatic carbocycles. The van der Waals surface area contributed by atoms with Gasteiger partial charge < -0.3 is 14.2 Å². The molecule has 2 aliphatic rings. The fourth-order valence-electron chi connectivity index (χ4n) is 3.63. The summed E-state index contributed by atoms with van der Waals surface area (Å²) in [7, 11) is 0. The van der Waals surface area contributed by atoms with Crippen molar-refractivity contribution < 1.29 is 4.42 Å². The third-order valence-electron chi connectivity index (χ3n) is 4.84. The normalized spacial score (nSPS) is 21.6. The molecule has 2 aliphatic heterocycles. The van der Waals surface area contributed by atoms with Gasteiger partial charge in [-0.1, -0.05) is 6.42 Å². The van der Waals surface area contributed by atoms with Gasteiger partial charge in [-0.05, 0) is 54.7 Å². The zero-order valence-corrected chi connectivity index (χ0v) is 14.3. The molecule has 4 rings (SSSR count). The maximum atomic E-state index is 5.88. The van der Waals surface area contributed by atoms with Crippen molar-refractivity contribution in [3.05, 3.63) is 16.7 Å². The van der Waals surface area contributed by atoms with Crippen molar-refractivity contribution in [3.63, 3.8) is 0 Å². The number of hydrogen-bond donors (Lipinski definition) is 0. The lowest BCUT2D eigenvalue weighted by Crippen LogP contribution is -2.46. The third-order valence-corrected chi connectivity index (χ3v) is 5.28. The van der Waals surface area contributed by atoms with Crippen LogP contribution in [0, 0.1) is 0 Å². The van der Waals surface area contributed by atoms with E-state index in [-0.39, 0.29) is 0 Å². The molecule has 6 heteroatoms. The minimum absolute atomic E-state index is 0.691. The summed E-state index contributed by atoms with van der Waals surface area (Å²) < 4.78 is 6.80. The Labute approximate surface area is 138 Å². The fraction of sp³-hybridized carbons (Fsp3) is 0.625. The van der Waals surface area contributed by atoms with E-state index >= 15 is 0 Å². The Morgan fingerprint density at radius 2 is 1.86 bits per heavy atom. The van der Waals surface area contributed by atoms with E-state index < -0.39 is 0 Å². The molecule has 2 saturated heterocycles. The molecule has 0 unspecified atom stereocenters. The molecule has 0 aromatic carbocycles. The van der Waals surface area contributed by atoms with Gasteiger partial charge in [0.05, 0.1) is 0 Å². The summed E-state index contributed by atoms with van der Waals surface area (Å²) in [5.41, 5.74) is 1.44. The molecule has 4 heterocycles. The molecule has 0 atom stereocenters. The minimum atomic E-state index is 0.691. The number of halogens is 1. The van der Waals surface area contributed by atoms with Gasteiger partial charge in [0.2, 0.25) is 5.65 Å². The van der Waals surface area contributed by atoms with E-state index in [1.807, 2.05) is 6.07 Å². The number of anilines is 1. The molecule has 2 aromatic rings. The van der Waals surface area contributed by atoms with E-state index in [4.69, 9.17) is 4.42 Å². The van der Waals surface area contributed by atoms with Crippen molar-refractivity contribution in [2.45, 2.75) is 38.1 Å². The highest BCUT2D eigenvalue weighted by atomic mass is 79.9. The highest BCUT2D eigenvalue weighted by molar-refractivity contribution is 9.10. The van der Waals surface area contributed by atoms with Crippen LogP contribution in [0.3, 0.4) is 0 Å². The number of likely N-dealkylation sites (tertiary alicyclic amines) is 1. The quantitative estimate of drug-likeness (QED) is 0.816. The van der Waals surface area contributed by atoms with Crippen LogP contribution in [-0.2, 0) is 0 Å². The predicted molar refractivity (Wildman–Crippen MR) is 90.2 cm³/mol. The van der Waals surface area contributed by atoms with E-state index in [1.165, 1.54) is 45.2 Å². The van der Waals surface area contributed by atoms with Gasteiger partial charge in [-0.25, -0.2) is 4.98 Å². The zero-order chi connectivity index (χ0) is 14.9. The SMILES string of the molecule is Brc1cnc2nc(N3CCC(N4CCCCC4)CC3)oc2c1. The van der Waals surface area contributed by atoms with Crippen LogP contribution in [0.2, 0.25) is 0 Å². The summed E-state index contributed by atoms with van der Waals surface area (Å²) in [5.74, 6) is 0. The van der Waals surface area contributed by atoms with Gasteiger partial charge in [-0.2, -0.15) is 4.98 Å². The van der Waals surface area contributed by atoms with Crippen molar-refractivity contribution in [2.24, 2.45) is 0 Å². The number of pyridine rings is 1. The highest BCUT2D eigenvalue weighted by Crippen LogP contribution is 2.27. The number of oxazole rings is 1. The van der Waals surface area contributed by atoms with Crippen LogP contribution in [0.15, 0.2) is 21.2 Å². The Morgan fingerprint density at radius 1 is 1.09 bits per heavy atom. The monoisotopic (exact) mass is 364 g/mol. The molecule has 2 fully saturated rings. The van der Waals surface area contributed by atoms with Gasteiger partial charge in [-0.3, -0.25) is 0 Å². The van der Waals surface area contributed by atoms with Crippen LogP contribution < -0.4 is 4.90 Å². The van der Waals surface area contributed by atoms with Crippen molar-refractivity contribution in [1.82, 2.24) is 14.9 Å². The topological polar surface area (TPSA) is 45.4 Å². The Morgan fingerprint density at radius 3 is 2.64 bits per heavy atom. The van der Waals surface area contributed by atoms with Gasteiger partial charge >= 0.3 is 0 Å². The summed E-state index contributed by atoms with van der Waals surface area (Å²) in [4.78, 5) is 13.8. The van der Waals surface area contributed by atoms with Crippen molar-refractivity contribution in [1.29, 1.82) is 0 Å². The summed E-state index contributed by atoms with van der Waals surface area (Å²) in [6.45, 7) is 4.61. The molecule has 2 aromatic heterocycles.